The third-order valence-electron chi connectivity index (χ3n) is 4.48. The summed E-state index contributed by atoms with van der Waals surface area (Å²) in [6.45, 7) is 12.5. The summed E-state index contributed by atoms with van der Waals surface area (Å²) < 4.78 is 0. The average Bonchev–Trinajstić information content (AvgIpc) is 2.82. The van der Waals surface area contributed by atoms with E-state index in [0.29, 0.717) is 12.8 Å². The number of anilines is 2. The van der Waals surface area contributed by atoms with Gasteiger partial charge in [0.25, 0.3) is 0 Å². The zero-order valence-corrected chi connectivity index (χ0v) is 21.5. The van der Waals surface area contributed by atoms with Gasteiger partial charge >= 0.3 is 0 Å². The molecule has 0 unspecified atom stereocenters. The van der Waals surface area contributed by atoms with Crippen LogP contribution in [0.3, 0.4) is 0 Å². The first kappa shape index (κ1) is 31.6. The van der Waals surface area contributed by atoms with Crippen molar-refractivity contribution in [1.82, 2.24) is 0 Å². The Balaban J connectivity index is 0. The lowest BCUT2D eigenvalue weighted by Gasteiger charge is -2.05. The Hall–Kier alpha value is -2.62. The summed E-state index contributed by atoms with van der Waals surface area (Å²) in [7, 11) is 1.93. The van der Waals surface area contributed by atoms with Crippen LogP contribution >= 0.6 is 0 Å². The molecule has 2 rings (SSSR count). The van der Waals surface area contributed by atoms with E-state index in [9.17, 15) is 9.59 Å². The van der Waals surface area contributed by atoms with Crippen LogP contribution in [0.1, 0.15) is 83.8 Å². The van der Waals surface area contributed by atoms with Gasteiger partial charge in [0, 0.05) is 31.3 Å². The van der Waals surface area contributed by atoms with Crippen molar-refractivity contribution in [3.63, 3.8) is 0 Å². The number of hydrogen-bond donors (Lipinski definition) is 2. The molecule has 0 saturated carbocycles. The molecule has 2 aromatic carbocycles. The lowest BCUT2D eigenvalue weighted by Crippen LogP contribution is -2.10. The molecular weight excluding hydrogens is 396 g/mol. The number of carbonyl (C=O) groups excluding carboxylic acids is 2. The molecule has 0 aliphatic heterocycles. The standard InChI is InChI=1S/C14H19NO2.C8H11N.C4H10.C2H6/c1-12-7-9-13(10-8-12)15-14(17)6-4-2-3-5-11-16;1-7-5-3-4-6-8(7)9-2;1-3-4-2;1-2/h7-11H,2-6H2,1H3,(H,15,17);3-6,9H,1-2H3;3-4H2,1-2H3;1-2H3. The predicted octanol–water partition coefficient (Wildman–Crippen LogP) is 7.95. The monoisotopic (exact) mass is 442 g/mol. The van der Waals surface area contributed by atoms with Crippen molar-refractivity contribution in [2.45, 2.75) is 86.5 Å². The summed E-state index contributed by atoms with van der Waals surface area (Å²) in [6, 6.07) is 16.0. The highest BCUT2D eigenvalue weighted by molar-refractivity contribution is 5.90. The molecule has 0 atom stereocenters. The van der Waals surface area contributed by atoms with Gasteiger partial charge in [0.2, 0.25) is 5.91 Å². The van der Waals surface area contributed by atoms with Crippen LogP contribution in [0.2, 0.25) is 0 Å². The maximum atomic E-state index is 11.5. The van der Waals surface area contributed by atoms with E-state index in [4.69, 9.17) is 0 Å². The Morgan fingerprint density at radius 2 is 1.47 bits per heavy atom. The molecule has 4 nitrogen and oxygen atoms in total. The number of benzene rings is 2. The lowest BCUT2D eigenvalue weighted by atomic mass is 10.1. The number of rotatable bonds is 9. The number of hydrogen-bond acceptors (Lipinski definition) is 3. The number of aryl methyl sites for hydroxylation is 2. The molecule has 2 aromatic rings. The van der Waals surface area contributed by atoms with E-state index < -0.39 is 0 Å². The molecule has 0 saturated heterocycles. The summed E-state index contributed by atoms with van der Waals surface area (Å²) in [5.41, 5.74) is 4.52. The fraction of sp³-hybridized carbons (Fsp3) is 0.500. The van der Waals surface area contributed by atoms with E-state index in [0.717, 1.165) is 31.2 Å². The van der Waals surface area contributed by atoms with Gasteiger partial charge in [-0.3, -0.25) is 4.79 Å². The van der Waals surface area contributed by atoms with E-state index in [2.05, 4.69) is 43.5 Å². The minimum atomic E-state index is 0.0416. The molecule has 2 N–H and O–H groups in total. The molecule has 0 fully saturated rings. The van der Waals surface area contributed by atoms with Gasteiger partial charge in [-0.25, -0.2) is 0 Å². The first-order valence-electron chi connectivity index (χ1n) is 12.0. The van der Waals surface area contributed by atoms with Crippen molar-refractivity contribution in [2.75, 3.05) is 17.7 Å². The van der Waals surface area contributed by atoms with Crippen LogP contribution in [0.15, 0.2) is 48.5 Å². The number of nitrogens with one attached hydrogen (secondary N) is 2. The summed E-state index contributed by atoms with van der Waals surface area (Å²) in [4.78, 5) is 21.6. The molecule has 0 aliphatic rings. The molecule has 0 spiro atoms. The third-order valence-corrected chi connectivity index (χ3v) is 4.48. The van der Waals surface area contributed by atoms with Gasteiger partial charge in [-0.05, 0) is 50.5 Å². The van der Waals surface area contributed by atoms with E-state index in [-0.39, 0.29) is 5.91 Å². The Labute approximate surface area is 197 Å². The van der Waals surface area contributed by atoms with Crippen LogP contribution in [0, 0.1) is 13.8 Å². The highest BCUT2D eigenvalue weighted by atomic mass is 16.1. The second-order valence-electron chi connectivity index (χ2n) is 7.25. The van der Waals surface area contributed by atoms with Crippen LogP contribution in [-0.2, 0) is 9.59 Å². The number of aldehydes is 1. The maximum absolute atomic E-state index is 11.5. The molecule has 0 radical (unpaired) electrons. The van der Waals surface area contributed by atoms with Crippen molar-refractivity contribution in [2.24, 2.45) is 0 Å². The van der Waals surface area contributed by atoms with Gasteiger partial charge in [-0.2, -0.15) is 0 Å². The Bertz CT molecular complexity index is 695. The fourth-order valence-electron chi connectivity index (χ4n) is 2.40. The van der Waals surface area contributed by atoms with Crippen molar-refractivity contribution in [3.8, 4) is 0 Å². The molecule has 4 heteroatoms. The van der Waals surface area contributed by atoms with Gasteiger partial charge in [-0.1, -0.05) is 82.9 Å². The highest BCUT2D eigenvalue weighted by Crippen LogP contribution is 2.11. The van der Waals surface area contributed by atoms with E-state index >= 15 is 0 Å². The van der Waals surface area contributed by atoms with E-state index in [1.54, 1.807) is 0 Å². The van der Waals surface area contributed by atoms with E-state index in [1.165, 1.54) is 29.7 Å². The first-order valence-corrected chi connectivity index (χ1v) is 12.0. The van der Waals surface area contributed by atoms with Crippen molar-refractivity contribution in [3.05, 3.63) is 59.7 Å². The quantitative estimate of drug-likeness (QED) is 0.306. The van der Waals surface area contributed by atoms with Gasteiger partial charge in [0.05, 0.1) is 0 Å². The molecule has 0 heterocycles. The topological polar surface area (TPSA) is 58.2 Å². The van der Waals surface area contributed by atoms with Crippen LogP contribution < -0.4 is 10.6 Å². The minimum Gasteiger partial charge on any atom is -0.388 e. The zero-order chi connectivity index (χ0) is 24.6. The summed E-state index contributed by atoms with van der Waals surface area (Å²) in [5, 5.41) is 5.95. The molecule has 180 valence electrons. The molecule has 0 aliphatic carbocycles. The number of carbonyl (C=O) groups is 2. The van der Waals surface area contributed by atoms with Crippen molar-refractivity contribution in [1.29, 1.82) is 0 Å². The van der Waals surface area contributed by atoms with Gasteiger partial charge in [0.15, 0.2) is 0 Å². The fourth-order valence-corrected chi connectivity index (χ4v) is 2.40. The maximum Gasteiger partial charge on any atom is 0.224 e. The van der Waals surface area contributed by atoms with Crippen LogP contribution in [-0.4, -0.2) is 19.2 Å². The zero-order valence-electron chi connectivity index (χ0n) is 21.5. The normalized spacial score (nSPS) is 8.97. The second kappa shape index (κ2) is 23.1. The number of amides is 1. The van der Waals surface area contributed by atoms with Crippen LogP contribution in [0.5, 0.6) is 0 Å². The van der Waals surface area contributed by atoms with Crippen LogP contribution in [0.25, 0.3) is 0 Å². The minimum absolute atomic E-state index is 0.0416. The smallest absolute Gasteiger partial charge is 0.224 e. The van der Waals surface area contributed by atoms with Crippen molar-refractivity contribution >= 4 is 23.6 Å². The number of unbranched alkanes of at least 4 members (excludes halogenated alkanes) is 4. The van der Waals surface area contributed by atoms with E-state index in [1.807, 2.05) is 64.2 Å². The van der Waals surface area contributed by atoms with Crippen molar-refractivity contribution < 1.29 is 9.59 Å². The Morgan fingerprint density at radius 1 is 0.875 bits per heavy atom. The Morgan fingerprint density at radius 3 is 1.94 bits per heavy atom. The summed E-state index contributed by atoms with van der Waals surface area (Å²) >= 11 is 0. The summed E-state index contributed by atoms with van der Waals surface area (Å²) in [5.74, 6) is 0.0416. The first-order chi connectivity index (χ1) is 15.5. The average molecular weight is 443 g/mol. The Kier molecular flexibility index (Phi) is 22.7. The van der Waals surface area contributed by atoms with Gasteiger partial charge in [-0.15, -0.1) is 0 Å². The molecule has 0 bridgehead atoms. The summed E-state index contributed by atoms with van der Waals surface area (Å²) in [6.07, 6.45) is 7.32. The third kappa shape index (κ3) is 18.2. The second-order valence-corrected chi connectivity index (χ2v) is 7.25. The highest BCUT2D eigenvalue weighted by Gasteiger charge is 2.01. The number of para-hydroxylation sites is 1. The SMILES string of the molecule is CC.CCCC.CNc1ccccc1C.Cc1ccc(NC(=O)CCCCCC=O)cc1. The largest absolute Gasteiger partial charge is 0.388 e. The van der Waals surface area contributed by atoms with Gasteiger partial charge in [0.1, 0.15) is 6.29 Å². The van der Waals surface area contributed by atoms with Crippen LogP contribution in [0.4, 0.5) is 11.4 Å². The molecule has 1 amide bonds. The predicted molar refractivity (Wildman–Crippen MR) is 142 cm³/mol. The molecule has 0 aromatic heterocycles. The van der Waals surface area contributed by atoms with Gasteiger partial charge < -0.3 is 15.4 Å². The molecule has 32 heavy (non-hydrogen) atoms. The molecular formula is C28H46N2O2. The lowest BCUT2D eigenvalue weighted by molar-refractivity contribution is -0.116.